The van der Waals surface area contributed by atoms with Gasteiger partial charge in [0.2, 0.25) is 5.89 Å². The first-order valence-corrected chi connectivity index (χ1v) is 7.28. The maximum atomic E-state index is 12.2. The van der Waals surface area contributed by atoms with Crippen LogP contribution < -0.4 is 5.32 Å². The van der Waals surface area contributed by atoms with Gasteiger partial charge in [-0.05, 0) is 19.8 Å². The minimum Gasteiger partial charge on any atom is -0.465 e. The molecule has 126 valence electrons. The second kappa shape index (κ2) is 7.61. The molecule has 1 aromatic rings. The second-order valence-electron chi connectivity index (χ2n) is 4.94. The summed E-state index contributed by atoms with van der Waals surface area (Å²) in [6, 6.07) is -0.330. The number of methoxy groups -OCH3 is 1. The van der Waals surface area contributed by atoms with Crippen molar-refractivity contribution in [2.75, 3.05) is 20.3 Å². The standard InChI is InChI=1S/C14H19N3O6/c1-3-22-12(18)6-15-14(20)17(9-4-5-9)7-11-16-10(8-23-11)13(19)21-2/h8-9H,3-7H2,1-2H3,(H,15,20). The molecule has 9 nitrogen and oxygen atoms in total. The molecule has 0 aromatic carbocycles. The second-order valence-corrected chi connectivity index (χ2v) is 4.94. The van der Waals surface area contributed by atoms with Crippen molar-refractivity contribution in [3.05, 3.63) is 17.8 Å². The zero-order valence-corrected chi connectivity index (χ0v) is 13.0. The van der Waals surface area contributed by atoms with E-state index < -0.39 is 18.0 Å². The number of ether oxygens (including phenoxy) is 2. The van der Waals surface area contributed by atoms with E-state index in [0.717, 1.165) is 12.8 Å². The summed E-state index contributed by atoms with van der Waals surface area (Å²) in [5.74, 6) is -0.881. The van der Waals surface area contributed by atoms with Gasteiger partial charge >= 0.3 is 18.0 Å². The van der Waals surface area contributed by atoms with Crippen LogP contribution in [0.2, 0.25) is 0 Å². The molecule has 1 heterocycles. The molecule has 0 saturated heterocycles. The van der Waals surface area contributed by atoms with Gasteiger partial charge in [0.1, 0.15) is 12.8 Å². The Hall–Kier alpha value is -2.58. The number of oxazole rings is 1. The van der Waals surface area contributed by atoms with Gasteiger partial charge in [0.25, 0.3) is 0 Å². The van der Waals surface area contributed by atoms with Gasteiger partial charge < -0.3 is 24.1 Å². The van der Waals surface area contributed by atoms with Crippen molar-refractivity contribution in [3.63, 3.8) is 0 Å². The number of esters is 2. The summed E-state index contributed by atoms with van der Waals surface area (Å²) >= 11 is 0. The minimum absolute atomic E-state index is 0.0465. The predicted molar refractivity (Wildman–Crippen MR) is 76.4 cm³/mol. The number of carbonyl (C=O) groups excluding carboxylic acids is 3. The molecule has 1 aromatic heterocycles. The van der Waals surface area contributed by atoms with E-state index in [0.29, 0.717) is 0 Å². The largest absolute Gasteiger partial charge is 0.465 e. The van der Waals surface area contributed by atoms with Crippen LogP contribution in [-0.2, 0) is 20.8 Å². The lowest BCUT2D eigenvalue weighted by molar-refractivity contribution is -0.141. The van der Waals surface area contributed by atoms with Crippen molar-refractivity contribution >= 4 is 18.0 Å². The van der Waals surface area contributed by atoms with Crippen LogP contribution in [0.3, 0.4) is 0 Å². The van der Waals surface area contributed by atoms with Crippen LogP contribution in [0.1, 0.15) is 36.1 Å². The Kier molecular flexibility index (Phi) is 5.56. The first-order valence-electron chi connectivity index (χ1n) is 7.28. The van der Waals surface area contributed by atoms with Crippen molar-refractivity contribution in [1.29, 1.82) is 0 Å². The number of urea groups is 1. The van der Waals surface area contributed by atoms with Crippen molar-refractivity contribution in [2.45, 2.75) is 32.4 Å². The molecule has 1 N–H and O–H groups in total. The van der Waals surface area contributed by atoms with Crippen LogP contribution in [0.4, 0.5) is 4.79 Å². The summed E-state index contributed by atoms with van der Waals surface area (Å²) in [6.07, 6.45) is 2.93. The molecule has 0 bridgehead atoms. The van der Waals surface area contributed by atoms with Gasteiger partial charge in [0.05, 0.1) is 20.3 Å². The lowest BCUT2D eigenvalue weighted by Gasteiger charge is -2.20. The van der Waals surface area contributed by atoms with Gasteiger partial charge in [-0.25, -0.2) is 14.6 Å². The molecule has 0 aliphatic heterocycles. The molecule has 1 aliphatic carbocycles. The van der Waals surface area contributed by atoms with E-state index in [2.05, 4.69) is 15.0 Å². The van der Waals surface area contributed by atoms with Gasteiger partial charge in [-0.15, -0.1) is 0 Å². The Morgan fingerprint density at radius 1 is 1.43 bits per heavy atom. The highest BCUT2D eigenvalue weighted by Gasteiger charge is 2.34. The maximum absolute atomic E-state index is 12.2. The number of aromatic nitrogens is 1. The molecule has 1 fully saturated rings. The van der Waals surface area contributed by atoms with Crippen LogP contribution in [0.15, 0.2) is 10.7 Å². The number of nitrogens with zero attached hydrogens (tertiary/aromatic N) is 2. The molecular formula is C14H19N3O6. The number of hydrogen-bond acceptors (Lipinski definition) is 7. The van der Waals surface area contributed by atoms with E-state index in [1.807, 2.05) is 0 Å². The highest BCUT2D eigenvalue weighted by Crippen LogP contribution is 2.28. The van der Waals surface area contributed by atoms with Gasteiger partial charge in [-0.3, -0.25) is 4.79 Å². The smallest absolute Gasteiger partial charge is 0.360 e. The number of carbonyl (C=O) groups is 3. The minimum atomic E-state index is -0.607. The summed E-state index contributed by atoms with van der Waals surface area (Å²) in [6.45, 7) is 1.86. The number of rotatable bonds is 7. The molecule has 0 radical (unpaired) electrons. The summed E-state index contributed by atoms with van der Waals surface area (Å²) in [5.41, 5.74) is 0.0465. The molecule has 9 heteroatoms. The number of nitrogens with one attached hydrogen (secondary N) is 1. The first-order chi connectivity index (χ1) is 11.0. The zero-order chi connectivity index (χ0) is 16.8. The first kappa shape index (κ1) is 16.8. The van der Waals surface area contributed by atoms with E-state index >= 15 is 0 Å². The van der Waals surface area contributed by atoms with E-state index in [9.17, 15) is 14.4 Å². The highest BCUT2D eigenvalue weighted by atomic mass is 16.5. The van der Waals surface area contributed by atoms with Crippen molar-refractivity contribution in [2.24, 2.45) is 0 Å². The fourth-order valence-electron chi connectivity index (χ4n) is 1.94. The van der Waals surface area contributed by atoms with E-state index in [-0.39, 0.29) is 37.3 Å². The summed E-state index contributed by atoms with van der Waals surface area (Å²) in [7, 11) is 1.25. The molecule has 0 unspecified atom stereocenters. The molecule has 1 saturated carbocycles. The molecule has 23 heavy (non-hydrogen) atoms. The monoisotopic (exact) mass is 325 g/mol. The average molecular weight is 325 g/mol. The van der Waals surface area contributed by atoms with E-state index in [1.54, 1.807) is 6.92 Å². The van der Waals surface area contributed by atoms with Gasteiger partial charge in [0.15, 0.2) is 5.69 Å². The summed E-state index contributed by atoms with van der Waals surface area (Å²) < 4.78 is 14.5. The Bertz CT molecular complexity index is 581. The van der Waals surface area contributed by atoms with Crippen LogP contribution >= 0.6 is 0 Å². The lowest BCUT2D eigenvalue weighted by Crippen LogP contribution is -2.43. The van der Waals surface area contributed by atoms with Crippen molar-refractivity contribution < 1.29 is 28.3 Å². The fraction of sp³-hybridized carbons (Fsp3) is 0.571. The third-order valence-corrected chi connectivity index (χ3v) is 3.19. The third kappa shape index (κ3) is 4.70. The highest BCUT2D eigenvalue weighted by molar-refractivity contribution is 5.86. The van der Waals surface area contributed by atoms with E-state index in [1.165, 1.54) is 18.3 Å². The van der Waals surface area contributed by atoms with Crippen LogP contribution in [0.25, 0.3) is 0 Å². The number of amides is 2. The fourth-order valence-corrected chi connectivity index (χ4v) is 1.94. The molecule has 2 rings (SSSR count). The van der Waals surface area contributed by atoms with Crippen molar-refractivity contribution in [1.82, 2.24) is 15.2 Å². The summed E-state index contributed by atoms with van der Waals surface area (Å²) in [5, 5.41) is 2.50. The van der Waals surface area contributed by atoms with Gasteiger partial charge in [-0.2, -0.15) is 0 Å². The topological polar surface area (TPSA) is 111 Å². The van der Waals surface area contributed by atoms with Gasteiger partial charge in [0, 0.05) is 6.04 Å². The zero-order valence-electron chi connectivity index (χ0n) is 13.0. The lowest BCUT2D eigenvalue weighted by atomic mass is 10.4. The third-order valence-electron chi connectivity index (χ3n) is 3.19. The molecule has 1 aliphatic rings. The molecule has 0 spiro atoms. The van der Waals surface area contributed by atoms with Crippen LogP contribution in [0.5, 0.6) is 0 Å². The quantitative estimate of drug-likeness (QED) is 0.734. The average Bonchev–Trinajstić information content (AvgIpc) is 3.28. The Labute approximate surface area is 132 Å². The number of hydrogen-bond donors (Lipinski definition) is 1. The van der Waals surface area contributed by atoms with Crippen LogP contribution in [0, 0.1) is 0 Å². The molecular weight excluding hydrogens is 306 g/mol. The Morgan fingerprint density at radius 2 is 2.17 bits per heavy atom. The molecule has 0 atom stereocenters. The van der Waals surface area contributed by atoms with E-state index in [4.69, 9.17) is 9.15 Å². The van der Waals surface area contributed by atoms with Gasteiger partial charge in [-0.1, -0.05) is 0 Å². The Balaban J connectivity index is 1.93. The van der Waals surface area contributed by atoms with Crippen LogP contribution in [-0.4, -0.2) is 54.2 Å². The maximum Gasteiger partial charge on any atom is 0.360 e. The SMILES string of the molecule is CCOC(=O)CNC(=O)N(Cc1nc(C(=O)OC)co1)C1CC1. The van der Waals surface area contributed by atoms with Crippen molar-refractivity contribution in [3.8, 4) is 0 Å². The Morgan fingerprint density at radius 3 is 2.78 bits per heavy atom. The molecule has 2 amide bonds. The normalized spacial score (nSPS) is 13.3. The predicted octanol–water partition coefficient (Wildman–Crippen LogP) is 0.698. The summed E-state index contributed by atoms with van der Waals surface area (Å²) in [4.78, 5) is 40.3.